The number of nitrogens with two attached hydrogens (primary N) is 1. The van der Waals surface area contributed by atoms with Gasteiger partial charge in [-0.15, -0.1) is 5.10 Å². The van der Waals surface area contributed by atoms with Crippen LogP contribution in [0, 0.1) is 0 Å². The van der Waals surface area contributed by atoms with Crippen LogP contribution in [0.3, 0.4) is 0 Å². The first-order valence-corrected chi connectivity index (χ1v) is 5.43. The third-order valence-corrected chi connectivity index (χ3v) is 2.73. The van der Waals surface area contributed by atoms with Gasteiger partial charge in [0.05, 0.1) is 0 Å². The van der Waals surface area contributed by atoms with Crippen molar-refractivity contribution in [2.75, 3.05) is 5.43 Å². The lowest BCUT2D eigenvalue weighted by atomic mass is 10.2. The Morgan fingerprint density at radius 2 is 2.13 bits per heavy atom. The minimum atomic E-state index is 0.477. The molecule has 0 unspecified atom stereocenters. The molecule has 0 aliphatic carbocycles. The average Bonchev–Trinajstić information content (AvgIpc) is 2.76. The molecule has 0 atom stereocenters. The number of rotatable bonds is 4. The molecule has 78 valence electrons. The highest BCUT2D eigenvalue weighted by atomic mass is 32.2. The minimum Gasteiger partial charge on any atom is -0.293 e. The standard InChI is InChI=1S/C9H11N5S/c10-12-8-11-9(14-13-8)15-6-7-4-2-1-3-5-7/h1-5H,6,10H2,(H2,11,12,13,14). The van der Waals surface area contributed by atoms with Gasteiger partial charge in [0, 0.05) is 5.75 Å². The van der Waals surface area contributed by atoms with Crippen molar-refractivity contribution in [2.45, 2.75) is 10.9 Å². The predicted molar refractivity (Wildman–Crippen MR) is 60.2 cm³/mol. The number of nitrogens with zero attached hydrogens (tertiary/aromatic N) is 2. The van der Waals surface area contributed by atoms with Crippen LogP contribution in [-0.2, 0) is 5.75 Å². The van der Waals surface area contributed by atoms with Crippen LogP contribution in [0.1, 0.15) is 5.56 Å². The maximum Gasteiger partial charge on any atom is 0.233 e. The van der Waals surface area contributed by atoms with E-state index in [0.29, 0.717) is 11.1 Å². The summed E-state index contributed by atoms with van der Waals surface area (Å²) in [5, 5.41) is 7.35. The summed E-state index contributed by atoms with van der Waals surface area (Å²) < 4.78 is 0. The zero-order chi connectivity index (χ0) is 10.5. The molecule has 0 bridgehead atoms. The van der Waals surface area contributed by atoms with Gasteiger partial charge in [0.1, 0.15) is 0 Å². The fraction of sp³-hybridized carbons (Fsp3) is 0.111. The molecule has 5 nitrogen and oxygen atoms in total. The Labute approximate surface area is 91.5 Å². The van der Waals surface area contributed by atoms with Gasteiger partial charge < -0.3 is 0 Å². The second-order valence-electron chi connectivity index (χ2n) is 2.89. The second kappa shape index (κ2) is 4.81. The number of aromatic nitrogens is 3. The Kier molecular flexibility index (Phi) is 3.21. The van der Waals surface area contributed by atoms with Crippen molar-refractivity contribution in [1.29, 1.82) is 0 Å². The van der Waals surface area contributed by atoms with E-state index in [2.05, 4.69) is 32.7 Å². The van der Waals surface area contributed by atoms with E-state index in [1.54, 1.807) is 11.8 Å². The smallest absolute Gasteiger partial charge is 0.233 e. The number of hydrogen-bond donors (Lipinski definition) is 3. The van der Waals surface area contributed by atoms with Crippen molar-refractivity contribution in [1.82, 2.24) is 15.2 Å². The number of thioether (sulfide) groups is 1. The lowest BCUT2D eigenvalue weighted by molar-refractivity contribution is 0.972. The highest BCUT2D eigenvalue weighted by Crippen LogP contribution is 2.19. The van der Waals surface area contributed by atoms with E-state index in [-0.39, 0.29) is 0 Å². The third kappa shape index (κ3) is 2.71. The first-order valence-electron chi connectivity index (χ1n) is 4.44. The molecule has 1 aromatic heterocycles. The largest absolute Gasteiger partial charge is 0.293 e. The topological polar surface area (TPSA) is 79.6 Å². The fourth-order valence-electron chi connectivity index (χ4n) is 1.10. The maximum atomic E-state index is 5.18. The van der Waals surface area contributed by atoms with Crippen molar-refractivity contribution >= 4 is 17.7 Å². The van der Waals surface area contributed by atoms with Gasteiger partial charge in [0.15, 0.2) is 0 Å². The highest BCUT2D eigenvalue weighted by Gasteiger charge is 2.02. The molecule has 0 spiro atoms. The number of hydrazine groups is 1. The van der Waals surface area contributed by atoms with E-state index in [1.165, 1.54) is 5.56 Å². The van der Waals surface area contributed by atoms with Crippen LogP contribution in [0.4, 0.5) is 5.95 Å². The van der Waals surface area contributed by atoms with Gasteiger partial charge in [-0.05, 0) is 5.56 Å². The van der Waals surface area contributed by atoms with Crippen LogP contribution < -0.4 is 11.3 Å². The summed E-state index contributed by atoms with van der Waals surface area (Å²) in [7, 11) is 0. The van der Waals surface area contributed by atoms with E-state index in [1.807, 2.05) is 18.2 Å². The average molecular weight is 221 g/mol. The molecule has 6 heteroatoms. The van der Waals surface area contributed by atoms with Crippen LogP contribution in [0.15, 0.2) is 35.5 Å². The molecule has 0 radical (unpaired) electrons. The van der Waals surface area contributed by atoms with Gasteiger partial charge in [-0.25, -0.2) is 10.9 Å². The van der Waals surface area contributed by atoms with E-state index in [4.69, 9.17) is 5.84 Å². The summed E-state index contributed by atoms with van der Waals surface area (Å²) in [6.07, 6.45) is 0. The Morgan fingerprint density at radius 3 is 2.80 bits per heavy atom. The molecule has 0 fully saturated rings. The van der Waals surface area contributed by atoms with Gasteiger partial charge in [0.2, 0.25) is 11.1 Å². The quantitative estimate of drug-likeness (QED) is 0.413. The Morgan fingerprint density at radius 1 is 1.33 bits per heavy atom. The van der Waals surface area contributed by atoms with Gasteiger partial charge >= 0.3 is 0 Å². The summed E-state index contributed by atoms with van der Waals surface area (Å²) in [5.74, 6) is 6.50. The SMILES string of the molecule is NNc1nc(SCc2ccccc2)n[nH]1. The number of nitrogens with one attached hydrogen (secondary N) is 2. The molecule has 0 aliphatic rings. The summed E-state index contributed by atoms with van der Waals surface area (Å²) in [6, 6.07) is 10.2. The fourth-order valence-corrected chi connectivity index (χ4v) is 1.85. The van der Waals surface area contributed by atoms with Crippen LogP contribution in [0.5, 0.6) is 0 Å². The van der Waals surface area contributed by atoms with E-state index in [0.717, 1.165) is 5.75 Å². The number of hydrogen-bond acceptors (Lipinski definition) is 5. The van der Waals surface area contributed by atoms with Gasteiger partial charge in [-0.2, -0.15) is 4.98 Å². The lowest BCUT2D eigenvalue weighted by Crippen LogP contribution is -2.07. The van der Waals surface area contributed by atoms with Crippen LogP contribution in [0.25, 0.3) is 0 Å². The third-order valence-electron chi connectivity index (χ3n) is 1.81. The summed E-state index contributed by atoms with van der Waals surface area (Å²) in [4.78, 5) is 4.10. The molecule has 0 amide bonds. The first-order chi connectivity index (χ1) is 7.38. The van der Waals surface area contributed by atoms with Crippen molar-refractivity contribution in [3.8, 4) is 0 Å². The molecular formula is C9H11N5S. The first kappa shape index (κ1) is 10.0. The molecule has 15 heavy (non-hydrogen) atoms. The Balaban J connectivity index is 1.93. The van der Waals surface area contributed by atoms with Crippen LogP contribution >= 0.6 is 11.8 Å². The zero-order valence-corrected chi connectivity index (χ0v) is 8.79. The molecule has 0 saturated carbocycles. The molecule has 1 aromatic carbocycles. The molecule has 0 saturated heterocycles. The van der Waals surface area contributed by atoms with E-state index < -0.39 is 0 Å². The maximum absolute atomic E-state index is 5.18. The molecular weight excluding hydrogens is 210 g/mol. The normalized spacial score (nSPS) is 10.2. The van der Waals surface area contributed by atoms with Crippen molar-refractivity contribution in [3.63, 3.8) is 0 Å². The molecule has 1 heterocycles. The number of H-pyrrole nitrogens is 1. The Hall–Kier alpha value is -1.53. The van der Waals surface area contributed by atoms with E-state index >= 15 is 0 Å². The molecule has 0 aliphatic heterocycles. The number of aromatic amines is 1. The summed E-state index contributed by atoms with van der Waals surface area (Å²) in [6.45, 7) is 0. The minimum absolute atomic E-state index is 0.477. The number of nitrogen functional groups attached to an aromatic ring is 1. The molecule has 4 N–H and O–H groups in total. The predicted octanol–water partition coefficient (Wildman–Crippen LogP) is 1.38. The molecule has 2 rings (SSSR count). The van der Waals surface area contributed by atoms with Gasteiger partial charge in [0.25, 0.3) is 0 Å². The highest BCUT2D eigenvalue weighted by molar-refractivity contribution is 7.98. The van der Waals surface area contributed by atoms with Gasteiger partial charge in [-0.1, -0.05) is 42.1 Å². The molecule has 2 aromatic rings. The lowest BCUT2D eigenvalue weighted by Gasteiger charge is -1.96. The monoisotopic (exact) mass is 221 g/mol. The van der Waals surface area contributed by atoms with Crippen molar-refractivity contribution in [3.05, 3.63) is 35.9 Å². The summed E-state index contributed by atoms with van der Waals surface area (Å²) in [5.41, 5.74) is 3.65. The van der Waals surface area contributed by atoms with Crippen molar-refractivity contribution in [2.24, 2.45) is 5.84 Å². The van der Waals surface area contributed by atoms with E-state index in [9.17, 15) is 0 Å². The second-order valence-corrected chi connectivity index (χ2v) is 3.83. The van der Waals surface area contributed by atoms with Crippen LogP contribution in [-0.4, -0.2) is 15.2 Å². The summed E-state index contributed by atoms with van der Waals surface area (Å²) >= 11 is 1.56. The number of benzene rings is 1. The Bertz CT molecular complexity index is 413. The number of anilines is 1. The van der Waals surface area contributed by atoms with Crippen molar-refractivity contribution < 1.29 is 0 Å². The zero-order valence-electron chi connectivity index (χ0n) is 7.97. The van der Waals surface area contributed by atoms with Crippen LogP contribution in [0.2, 0.25) is 0 Å². The van der Waals surface area contributed by atoms with Gasteiger partial charge in [-0.3, -0.25) is 5.43 Å².